The van der Waals surface area contributed by atoms with Crippen molar-refractivity contribution in [3.63, 3.8) is 0 Å². The highest BCUT2D eigenvalue weighted by molar-refractivity contribution is 6.33. The molecule has 190 valence electrons. The second-order valence-electron chi connectivity index (χ2n) is 8.95. The number of fused-ring (bicyclic) bond motifs is 1. The van der Waals surface area contributed by atoms with E-state index in [1.165, 1.54) is 0 Å². The summed E-state index contributed by atoms with van der Waals surface area (Å²) < 4.78 is 17.2. The Morgan fingerprint density at radius 2 is 1.81 bits per heavy atom. The standard InChI is InChI=1S/C27H32ClN5O3/c1-18-12-21(28)23(15-24(18)34-3)31-27-19(16-29)17-30-22-14-26(25(35-4)13-20(22)27)36-11-5-6-33-9-7-32(2)8-10-33/h12-15,17H,5-11H2,1-4H3,(H,30,31). The van der Waals surface area contributed by atoms with Crippen LogP contribution in [-0.2, 0) is 0 Å². The molecular formula is C27H32ClN5O3. The zero-order chi connectivity index (χ0) is 25.7. The lowest BCUT2D eigenvalue weighted by Gasteiger charge is -2.32. The normalized spacial score (nSPS) is 14.4. The molecule has 1 fully saturated rings. The van der Waals surface area contributed by atoms with Crippen LogP contribution in [0.1, 0.15) is 17.5 Å². The summed E-state index contributed by atoms with van der Waals surface area (Å²) in [5, 5.41) is 14.3. The molecule has 0 saturated carbocycles. The molecular weight excluding hydrogens is 478 g/mol. The zero-order valence-electron chi connectivity index (χ0n) is 21.2. The Bertz CT molecular complexity index is 1270. The Morgan fingerprint density at radius 3 is 2.50 bits per heavy atom. The molecule has 3 aromatic rings. The maximum Gasteiger partial charge on any atom is 0.163 e. The zero-order valence-corrected chi connectivity index (χ0v) is 22.0. The fourth-order valence-electron chi connectivity index (χ4n) is 4.34. The first-order chi connectivity index (χ1) is 17.4. The van der Waals surface area contributed by atoms with E-state index in [1.54, 1.807) is 20.4 Å². The van der Waals surface area contributed by atoms with Crippen molar-refractivity contribution in [2.45, 2.75) is 13.3 Å². The number of pyridine rings is 1. The van der Waals surface area contributed by atoms with Gasteiger partial charge in [-0.05, 0) is 38.1 Å². The molecule has 2 heterocycles. The predicted octanol–water partition coefficient (Wildman–Crippen LogP) is 4.85. The third-order valence-corrected chi connectivity index (χ3v) is 6.80. The fraction of sp³-hybridized carbons (Fsp3) is 0.407. The van der Waals surface area contributed by atoms with Gasteiger partial charge < -0.3 is 29.3 Å². The van der Waals surface area contributed by atoms with Crippen LogP contribution < -0.4 is 19.5 Å². The van der Waals surface area contributed by atoms with Crippen LogP contribution in [0.3, 0.4) is 0 Å². The molecule has 2 aromatic carbocycles. The lowest BCUT2D eigenvalue weighted by Crippen LogP contribution is -2.44. The number of likely N-dealkylation sites (N-methyl/N-ethyl adjacent to an activating group) is 1. The lowest BCUT2D eigenvalue weighted by atomic mass is 10.1. The molecule has 0 radical (unpaired) electrons. The molecule has 4 rings (SSSR count). The summed E-state index contributed by atoms with van der Waals surface area (Å²) in [6, 6.07) is 9.56. The SMILES string of the molecule is COc1cc(Nc2c(C#N)cnc3cc(OCCCN4CCN(C)CC4)c(OC)cc23)c(Cl)cc1C. The number of hydrogen-bond acceptors (Lipinski definition) is 8. The van der Waals surface area contributed by atoms with Crippen molar-refractivity contribution in [3.8, 4) is 23.3 Å². The first-order valence-electron chi connectivity index (χ1n) is 12.0. The van der Waals surface area contributed by atoms with Crippen molar-refractivity contribution in [2.75, 3.05) is 65.9 Å². The van der Waals surface area contributed by atoms with Crippen LogP contribution >= 0.6 is 11.6 Å². The van der Waals surface area contributed by atoms with Crippen LogP contribution in [0, 0.1) is 18.3 Å². The molecule has 9 heteroatoms. The molecule has 0 bridgehead atoms. The van der Waals surface area contributed by atoms with Gasteiger partial charge in [0.2, 0.25) is 0 Å². The van der Waals surface area contributed by atoms with E-state index in [9.17, 15) is 5.26 Å². The van der Waals surface area contributed by atoms with Gasteiger partial charge in [-0.1, -0.05) is 11.6 Å². The van der Waals surface area contributed by atoms with Gasteiger partial charge in [-0.3, -0.25) is 4.98 Å². The minimum Gasteiger partial charge on any atom is -0.496 e. The number of nitrogens with one attached hydrogen (secondary N) is 1. The van der Waals surface area contributed by atoms with E-state index in [-0.39, 0.29) is 0 Å². The van der Waals surface area contributed by atoms with Gasteiger partial charge in [0.05, 0.1) is 48.3 Å². The summed E-state index contributed by atoms with van der Waals surface area (Å²) in [6.45, 7) is 7.89. The van der Waals surface area contributed by atoms with Gasteiger partial charge in [-0.25, -0.2) is 0 Å². The number of aromatic nitrogens is 1. The molecule has 0 amide bonds. The van der Waals surface area contributed by atoms with E-state index in [4.69, 9.17) is 25.8 Å². The van der Waals surface area contributed by atoms with Crippen molar-refractivity contribution >= 4 is 33.9 Å². The summed E-state index contributed by atoms with van der Waals surface area (Å²) >= 11 is 6.51. The summed E-state index contributed by atoms with van der Waals surface area (Å²) in [5.41, 5.74) is 3.22. The fourth-order valence-corrected chi connectivity index (χ4v) is 4.60. The molecule has 1 aliphatic rings. The Labute approximate surface area is 217 Å². The lowest BCUT2D eigenvalue weighted by molar-refractivity contribution is 0.145. The highest BCUT2D eigenvalue weighted by Crippen LogP contribution is 2.39. The van der Waals surface area contributed by atoms with Gasteiger partial charge in [0, 0.05) is 56.4 Å². The summed E-state index contributed by atoms with van der Waals surface area (Å²) in [6.07, 6.45) is 2.47. The molecule has 1 saturated heterocycles. The number of rotatable bonds is 9. The second kappa shape index (κ2) is 11.7. The van der Waals surface area contributed by atoms with Gasteiger partial charge in [-0.15, -0.1) is 0 Å². The molecule has 0 spiro atoms. The van der Waals surface area contributed by atoms with Crippen LogP contribution in [0.5, 0.6) is 17.2 Å². The van der Waals surface area contributed by atoms with E-state index >= 15 is 0 Å². The third kappa shape index (κ3) is 5.76. The van der Waals surface area contributed by atoms with Crippen LogP contribution in [0.4, 0.5) is 11.4 Å². The maximum absolute atomic E-state index is 9.77. The van der Waals surface area contributed by atoms with E-state index in [2.05, 4.69) is 33.2 Å². The van der Waals surface area contributed by atoms with E-state index in [0.717, 1.165) is 50.1 Å². The number of ether oxygens (including phenoxy) is 3. The maximum atomic E-state index is 9.77. The Morgan fingerprint density at radius 1 is 1.06 bits per heavy atom. The van der Waals surface area contributed by atoms with Gasteiger partial charge >= 0.3 is 0 Å². The summed E-state index contributed by atoms with van der Waals surface area (Å²) in [4.78, 5) is 9.32. The average Bonchev–Trinajstić information content (AvgIpc) is 2.88. The van der Waals surface area contributed by atoms with Crippen molar-refractivity contribution in [3.05, 3.63) is 46.6 Å². The summed E-state index contributed by atoms with van der Waals surface area (Å²) in [7, 11) is 5.38. The molecule has 8 nitrogen and oxygen atoms in total. The molecule has 0 atom stereocenters. The van der Waals surface area contributed by atoms with Gasteiger partial charge in [0.15, 0.2) is 11.5 Å². The smallest absolute Gasteiger partial charge is 0.163 e. The number of hydrogen-bond donors (Lipinski definition) is 1. The van der Waals surface area contributed by atoms with Crippen LogP contribution in [0.15, 0.2) is 30.5 Å². The monoisotopic (exact) mass is 509 g/mol. The minimum atomic E-state index is 0.390. The Hall–Kier alpha value is -3.25. The number of nitrogens with zero attached hydrogens (tertiary/aromatic N) is 4. The number of anilines is 2. The van der Waals surface area contributed by atoms with E-state index in [1.807, 2.05) is 31.2 Å². The highest BCUT2D eigenvalue weighted by Gasteiger charge is 2.17. The van der Waals surface area contributed by atoms with Crippen LogP contribution in [0.25, 0.3) is 10.9 Å². The quantitative estimate of drug-likeness (QED) is 0.410. The Balaban J connectivity index is 1.57. The minimum absolute atomic E-state index is 0.390. The molecule has 0 aliphatic carbocycles. The topological polar surface area (TPSA) is 82.9 Å². The van der Waals surface area contributed by atoms with Gasteiger partial charge in [-0.2, -0.15) is 5.26 Å². The summed E-state index contributed by atoms with van der Waals surface area (Å²) in [5.74, 6) is 1.90. The first kappa shape index (κ1) is 25.8. The number of halogens is 1. The number of methoxy groups -OCH3 is 2. The number of nitriles is 1. The van der Waals surface area contributed by atoms with Crippen LogP contribution in [0.2, 0.25) is 5.02 Å². The second-order valence-corrected chi connectivity index (χ2v) is 9.36. The number of piperazine rings is 1. The van der Waals surface area contributed by atoms with E-state index in [0.29, 0.717) is 51.3 Å². The first-order valence-corrected chi connectivity index (χ1v) is 12.4. The average molecular weight is 510 g/mol. The third-order valence-electron chi connectivity index (χ3n) is 6.49. The highest BCUT2D eigenvalue weighted by atomic mass is 35.5. The molecule has 1 aromatic heterocycles. The van der Waals surface area contributed by atoms with Gasteiger partial charge in [0.25, 0.3) is 0 Å². The van der Waals surface area contributed by atoms with Crippen molar-refractivity contribution in [2.24, 2.45) is 0 Å². The Kier molecular flexibility index (Phi) is 8.36. The predicted molar refractivity (Wildman–Crippen MR) is 143 cm³/mol. The largest absolute Gasteiger partial charge is 0.496 e. The molecule has 1 N–H and O–H groups in total. The number of benzene rings is 2. The molecule has 0 unspecified atom stereocenters. The van der Waals surface area contributed by atoms with Crippen molar-refractivity contribution in [1.29, 1.82) is 5.26 Å². The van der Waals surface area contributed by atoms with Crippen molar-refractivity contribution in [1.82, 2.24) is 14.8 Å². The van der Waals surface area contributed by atoms with Gasteiger partial charge in [0.1, 0.15) is 11.8 Å². The van der Waals surface area contributed by atoms with Crippen LogP contribution in [-0.4, -0.2) is 75.4 Å². The van der Waals surface area contributed by atoms with Crippen molar-refractivity contribution < 1.29 is 14.2 Å². The number of aryl methyl sites for hydroxylation is 1. The molecule has 1 aliphatic heterocycles. The molecule has 36 heavy (non-hydrogen) atoms. The van der Waals surface area contributed by atoms with E-state index < -0.39 is 0 Å².